The van der Waals surface area contributed by atoms with E-state index in [-0.39, 0.29) is 0 Å². The summed E-state index contributed by atoms with van der Waals surface area (Å²) in [5.41, 5.74) is 3.72. The third-order valence-corrected chi connectivity index (χ3v) is 3.54. The van der Waals surface area contributed by atoms with Crippen LogP contribution in [0.5, 0.6) is 0 Å². The van der Waals surface area contributed by atoms with Gasteiger partial charge in [-0.25, -0.2) is 4.98 Å². The lowest BCUT2D eigenvalue weighted by molar-refractivity contribution is 0.723. The Balaban J connectivity index is 1.75. The van der Waals surface area contributed by atoms with E-state index in [1.807, 2.05) is 49.0 Å². The van der Waals surface area contributed by atoms with Crippen LogP contribution in [0.3, 0.4) is 0 Å². The van der Waals surface area contributed by atoms with Crippen LogP contribution in [0.15, 0.2) is 36.5 Å². The predicted molar refractivity (Wildman–Crippen MR) is 85.5 cm³/mol. The molecule has 0 amide bonds. The van der Waals surface area contributed by atoms with Gasteiger partial charge in [-0.3, -0.25) is 4.68 Å². The van der Waals surface area contributed by atoms with Crippen LogP contribution in [-0.4, -0.2) is 25.0 Å². The van der Waals surface area contributed by atoms with Crippen molar-refractivity contribution in [2.45, 2.75) is 13.5 Å². The second-order valence-electron chi connectivity index (χ2n) is 4.93. The molecule has 0 atom stereocenters. The summed E-state index contributed by atoms with van der Waals surface area (Å²) in [6, 6.07) is 9.46. The van der Waals surface area contributed by atoms with Crippen LogP contribution < -0.4 is 5.32 Å². The number of hydrogen-bond acceptors (Lipinski definition) is 5. The van der Waals surface area contributed by atoms with E-state index in [4.69, 9.17) is 11.6 Å². The van der Waals surface area contributed by atoms with Crippen LogP contribution in [0.4, 0.5) is 5.95 Å². The number of nitrogens with one attached hydrogen (secondary N) is 1. The largest absolute Gasteiger partial charge is 0.347 e. The molecule has 0 saturated carbocycles. The third-order valence-electron chi connectivity index (χ3n) is 3.29. The minimum atomic E-state index is 0.468. The van der Waals surface area contributed by atoms with Crippen LogP contribution in [0, 0.1) is 6.92 Å². The average molecular weight is 315 g/mol. The number of benzene rings is 1. The highest BCUT2D eigenvalue weighted by molar-refractivity contribution is 6.30. The molecule has 3 aromatic rings. The highest BCUT2D eigenvalue weighted by Gasteiger charge is 2.05. The number of aromatic nitrogens is 5. The van der Waals surface area contributed by atoms with Gasteiger partial charge in [0.15, 0.2) is 0 Å². The Morgan fingerprint density at radius 2 is 2.00 bits per heavy atom. The summed E-state index contributed by atoms with van der Waals surface area (Å²) in [4.78, 5) is 4.45. The minimum Gasteiger partial charge on any atom is -0.347 e. The molecular weight excluding hydrogens is 300 g/mol. The number of nitrogens with zero attached hydrogens (tertiary/aromatic N) is 5. The Labute approximate surface area is 133 Å². The zero-order chi connectivity index (χ0) is 15.5. The van der Waals surface area contributed by atoms with E-state index >= 15 is 0 Å². The Kier molecular flexibility index (Phi) is 4.02. The molecule has 22 heavy (non-hydrogen) atoms. The number of aryl methyl sites for hydroxylation is 2. The second kappa shape index (κ2) is 6.11. The maximum absolute atomic E-state index is 5.89. The maximum atomic E-state index is 5.89. The maximum Gasteiger partial charge on any atom is 0.243 e. The number of anilines is 1. The van der Waals surface area contributed by atoms with Crippen molar-refractivity contribution in [3.8, 4) is 11.3 Å². The molecule has 2 aromatic heterocycles. The summed E-state index contributed by atoms with van der Waals surface area (Å²) in [5, 5.41) is 16.2. The second-order valence-corrected chi connectivity index (χ2v) is 5.36. The summed E-state index contributed by atoms with van der Waals surface area (Å²) in [6.07, 6.45) is 1.62. The Morgan fingerprint density at radius 3 is 2.68 bits per heavy atom. The van der Waals surface area contributed by atoms with E-state index < -0.39 is 0 Å². The molecule has 0 aliphatic rings. The molecule has 2 heterocycles. The van der Waals surface area contributed by atoms with E-state index in [1.165, 1.54) is 0 Å². The zero-order valence-corrected chi connectivity index (χ0v) is 13.0. The number of hydrogen-bond donors (Lipinski definition) is 1. The lowest BCUT2D eigenvalue weighted by atomic mass is 10.2. The van der Waals surface area contributed by atoms with Gasteiger partial charge in [-0.05, 0) is 25.1 Å². The summed E-state index contributed by atoms with van der Waals surface area (Å²) in [7, 11) is 1.91. The first-order valence-electron chi connectivity index (χ1n) is 6.81. The van der Waals surface area contributed by atoms with Crippen LogP contribution >= 0.6 is 11.6 Å². The fourth-order valence-corrected chi connectivity index (χ4v) is 2.16. The molecule has 0 aliphatic heterocycles. The molecule has 0 spiro atoms. The van der Waals surface area contributed by atoms with Crippen molar-refractivity contribution in [1.82, 2.24) is 25.0 Å². The van der Waals surface area contributed by atoms with Gasteiger partial charge in [0, 0.05) is 23.3 Å². The summed E-state index contributed by atoms with van der Waals surface area (Å²) < 4.78 is 1.83. The van der Waals surface area contributed by atoms with E-state index in [9.17, 15) is 0 Å². The number of halogens is 1. The van der Waals surface area contributed by atoms with Crippen molar-refractivity contribution >= 4 is 17.5 Å². The van der Waals surface area contributed by atoms with Crippen molar-refractivity contribution in [1.29, 1.82) is 0 Å². The van der Waals surface area contributed by atoms with Gasteiger partial charge in [-0.1, -0.05) is 23.7 Å². The van der Waals surface area contributed by atoms with Gasteiger partial charge in [-0.2, -0.15) is 10.2 Å². The van der Waals surface area contributed by atoms with Crippen LogP contribution in [-0.2, 0) is 13.6 Å². The molecule has 3 rings (SSSR count). The van der Waals surface area contributed by atoms with Crippen molar-refractivity contribution in [2.24, 2.45) is 7.05 Å². The monoisotopic (exact) mass is 314 g/mol. The first kappa shape index (κ1) is 14.5. The van der Waals surface area contributed by atoms with Crippen molar-refractivity contribution in [2.75, 3.05) is 5.32 Å². The van der Waals surface area contributed by atoms with Crippen LogP contribution in [0.25, 0.3) is 11.3 Å². The van der Waals surface area contributed by atoms with Gasteiger partial charge >= 0.3 is 0 Å². The summed E-state index contributed by atoms with van der Waals surface area (Å²) in [6.45, 7) is 2.56. The lowest BCUT2D eigenvalue weighted by Crippen LogP contribution is -2.06. The van der Waals surface area contributed by atoms with Crippen molar-refractivity contribution in [3.05, 3.63) is 52.9 Å². The zero-order valence-electron chi connectivity index (χ0n) is 12.3. The minimum absolute atomic E-state index is 0.468. The molecule has 6 nitrogen and oxygen atoms in total. The first-order valence-corrected chi connectivity index (χ1v) is 7.18. The van der Waals surface area contributed by atoms with Crippen molar-refractivity contribution in [3.63, 3.8) is 0 Å². The van der Waals surface area contributed by atoms with Crippen LogP contribution in [0.2, 0.25) is 5.02 Å². The molecular formula is C15H15ClN6. The third kappa shape index (κ3) is 3.23. The SMILES string of the molecule is Cc1cc(CNc2nncc(-c3ccc(Cl)cc3)n2)nn1C. The fraction of sp³-hybridized carbons (Fsp3) is 0.200. The summed E-state index contributed by atoms with van der Waals surface area (Å²) in [5.74, 6) is 0.468. The normalized spacial score (nSPS) is 10.7. The van der Waals surface area contributed by atoms with E-state index in [0.717, 1.165) is 22.6 Å². The smallest absolute Gasteiger partial charge is 0.243 e. The Bertz CT molecular complexity index is 761. The average Bonchev–Trinajstić information content (AvgIpc) is 2.85. The van der Waals surface area contributed by atoms with Gasteiger partial charge < -0.3 is 5.32 Å². The van der Waals surface area contributed by atoms with Gasteiger partial charge in [0.25, 0.3) is 0 Å². The molecule has 7 heteroatoms. The summed E-state index contributed by atoms with van der Waals surface area (Å²) >= 11 is 5.89. The number of rotatable bonds is 4. The standard InChI is InChI=1S/C15H15ClN6/c1-10-7-13(21-22(10)2)8-17-15-19-14(9-18-20-15)11-3-5-12(16)6-4-11/h3-7,9H,8H2,1-2H3,(H,17,19,20). The van der Waals surface area contributed by atoms with Crippen molar-refractivity contribution < 1.29 is 0 Å². The highest BCUT2D eigenvalue weighted by Crippen LogP contribution is 2.19. The molecule has 0 aliphatic carbocycles. The first-order chi connectivity index (χ1) is 10.6. The van der Waals surface area contributed by atoms with Gasteiger partial charge in [0.2, 0.25) is 5.95 Å². The fourth-order valence-electron chi connectivity index (χ4n) is 2.03. The van der Waals surface area contributed by atoms with Gasteiger partial charge in [-0.15, -0.1) is 5.10 Å². The van der Waals surface area contributed by atoms with E-state index in [0.29, 0.717) is 17.5 Å². The van der Waals surface area contributed by atoms with Gasteiger partial charge in [0.05, 0.1) is 24.1 Å². The molecule has 112 valence electrons. The molecule has 0 bridgehead atoms. The molecule has 0 fully saturated rings. The quantitative estimate of drug-likeness (QED) is 0.802. The van der Waals surface area contributed by atoms with Crippen LogP contribution in [0.1, 0.15) is 11.4 Å². The van der Waals surface area contributed by atoms with E-state index in [2.05, 4.69) is 25.6 Å². The molecule has 1 N–H and O–H groups in total. The lowest BCUT2D eigenvalue weighted by Gasteiger charge is -2.04. The molecule has 1 aromatic carbocycles. The molecule has 0 unspecified atom stereocenters. The van der Waals surface area contributed by atoms with Gasteiger partial charge in [0.1, 0.15) is 0 Å². The highest BCUT2D eigenvalue weighted by atomic mass is 35.5. The Morgan fingerprint density at radius 1 is 1.23 bits per heavy atom. The molecule has 0 radical (unpaired) electrons. The molecule has 0 saturated heterocycles. The predicted octanol–water partition coefficient (Wildman–Crippen LogP) is 2.85. The Hall–Kier alpha value is -2.47. The topological polar surface area (TPSA) is 68.5 Å². The van der Waals surface area contributed by atoms with E-state index in [1.54, 1.807) is 6.20 Å².